The third-order valence-corrected chi connectivity index (χ3v) is 4.07. The minimum Gasteiger partial charge on any atom is -0.484 e. The number of benzene rings is 1. The lowest BCUT2D eigenvalue weighted by Gasteiger charge is -2.31. The van der Waals surface area contributed by atoms with Crippen molar-refractivity contribution >= 4 is 23.4 Å². The normalized spacial score (nSPS) is 15.1. The molecular weight excluding hydrogens is 316 g/mol. The molecule has 1 heterocycles. The van der Waals surface area contributed by atoms with Crippen LogP contribution in [0, 0.1) is 5.92 Å². The first-order chi connectivity index (χ1) is 11.1. The molecule has 0 saturated carbocycles. The van der Waals surface area contributed by atoms with Gasteiger partial charge in [-0.25, -0.2) is 0 Å². The Kier molecular flexibility index (Phi) is 6.47. The third-order valence-electron chi connectivity index (χ3n) is 3.82. The van der Waals surface area contributed by atoms with Gasteiger partial charge < -0.3 is 15.0 Å². The highest BCUT2D eigenvalue weighted by atomic mass is 35.5. The number of carbonyl (C=O) groups excluding carboxylic acids is 2. The minimum absolute atomic E-state index is 0.00500. The first-order valence-corrected chi connectivity index (χ1v) is 8.02. The molecule has 23 heavy (non-hydrogen) atoms. The zero-order chi connectivity index (χ0) is 16.7. The summed E-state index contributed by atoms with van der Waals surface area (Å²) in [5.41, 5.74) is 0. The van der Waals surface area contributed by atoms with Crippen LogP contribution in [0.15, 0.2) is 36.9 Å². The number of hydrogen-bond acceptors (Lipinski definition) is 3. The predicted molar refractivity (Wildman–Crippen MR) is 89.5 cm³/mol. The van der Waals surface area contributed by atoms with Gasteiger partial charge in [-0.2, -0.15) is 0 Å². The number of rotatable bonds is 6. The Morgan fingerprint density at radius 2 is 1.96 bits per heavy atom. The topological polar surface area (TPSA) is 58.6 Å². The SMILES string of the molecule is C=CCNC(=O)C1CCN(C(=O)COc2ccc(Cl)cc2)CC1. The van der Waals surface area contributed by atoms with E-state index < -0.39 is 0 Å². The fourth-order valence-corrected chi connectivity index (χ4v) is 2.60. The van der Waals surface area contributed by atoms with Crippen LogP contribution in [0.2, 0.25) is 5.02 Å². The summed E-state index contributed by atoms with van der Waals surface area (Å²) in [7, 11) is 0. The summed E-state index contributed by atoms with van der Waals surface area (Å²) < 4.78 is 5.46. The van der Waals surface area contributed by atoms with E-state index in [0.29, 0.717) is 43.2 Å². The maximum absolute atomic E-state index is 12.1. The monoisotopic (exact) mass is 336 g/mol. The van der Waals surface area contributed by atoms with Crippen LogP contribution in [0.25, 0.3) is 0 Å². The highest BCUT2D eigenvalue weighted by molar-refractivity contribution is 6.30. The van der Waals surface area contributed by atoms with Gasteiger partial charge >= 0.3 is 0 Å². The molecule has 2 amide bonds. The second-order valence-electron chi connectivity index (χ2n) is 5.43. The highest BCUT2D eigenvalue weighted by Crippen LogP contribution is 2.18. The Balaban J connectivity index is 1.74. The van der Waals surface area contributed by atoms with Crippen molar-refractivity contribution in [3.63, 3.8) is 0 Å². The molecule has 1 aliphatic heterocycles. The molecule has 1 N–H and O–H groups in total. The van der Waals surface area contributed by atoms with Crippen LogP contribution >= 0.6 is 11.6 Å². The molecular formula is C17H21ClN2O3. The van der Waals surface area contributed by atoms with Crippen LogP contribution in [0.4, 0.5) is 0 Å². The first-order valence-electron chi connectivity index (χ1n) is 7.65. The predicted octanol–water partition coefficient (Wildman–Crippen LogP) is 2.26. The van der Waals surface area contributed by atoms with Crippen LogP contribution in [0.3, 0.4) is 0 Å². The van der Waals surface area contributed by atoms with Crippen molar-refractivity contribution in [1.29, 1.82) is 0 Å². The fourth-order valence-electron chi connectivity index (χ4n) is 2.48. The standard InChI is InChI=1S/C17H21ClN2O3/c1-2-9-19-17(22)13-7-10-20(11-8-13)16(21)12-23-15-5-3-14(18)4-6-15/h2-6,13H,1,7-12H2,(H,19,22). The largest absolute Gasteiger partial charge is 0.484 e. The van der Waals surface area contributed by atoms with E-state index in [1.165, 1.54) is 0 Å². The van der Waals surface area contributed by atoms with E-state index in [9.17, 15) is 9.59 Å². The molecule has 1 aromatic carbocycles. The number of halogens is 1. The summed E-state index contributed by atoms with van der Waals surface area (Å²) in [4.78, 5) is 25.8. The number of carbonyl (C=O) groups is 2. The first kappa shape index (κ1) is 17.3. The summed E-state index contributed by atoms with van der Waals surface area (Å²) >= 11 is 5.80. The summed E-state index contributed by atoms with van der Waals surface area (Å²) in [6.45, 7) is 5.21. The Hall–Kier alpha value is -2.01. The van der Waals surface area contributed by atoms with Gasteiger partial charge in [0.2, 0.25) is 5.91 Å². The van der Waals surface area contributed by atoms with Gasteiger partial charge in [-0.1, -0.05) is 17.7 Å². The van der Waals surface area contributed by atoms with Gasteiger partial charge in [-0.15, -0.1) is 6.58 Å². The molecule has 5 nitrogen and oxygen atoms in total. The van der Waals surface area contributed by atoms with E-state index >= 15 is 0 Å². The van der Waals surface area contributed by atoms with E-state index in [4.69, 9.17) is 16.3 Å². The molecule has 1 aromatic rings. The second kappa shape index (κ2) is 8.58. The van der Waals surface area contributed by atoms with Crippen LogP contribution < -0.4 is 10.1 Å². The fraction of sp³-hybridized carbons (Fsp3) is 0.412. The number of likely N-dealkylation sites (tertiary alicyclic amines) is 1. The van der Waals surface area contributed by atoms with Crippen molar-refractivity contribution in [3.8, 4) is 5.75 Å². The molecule has 0 aliphatic carbocycles. The average molecular weight is 337 g/mol. The molecule has 1 fully saturated rings. The maximum atomic E-state index is 12.1. The minimum atomic E-state index is -0.0649. The Bertz CT molecular complexity index is 551. The Labute approximate surface area is 141 Å². The molecule has 2 rings (SSSR count). The molecule has 0 radical (unpaired) electrons. The molecule has 0 unspecified atom stereocenters. The molecule has 0 spiro atoms. The van der Waals surface area contributed by atoms with Crippen LogP contribution in [-0.4, -0.2) is 43.0 Å². The highest BCUT2D eigenvalue weighted by Gasteiger charge is 2.27. The van der Waals surface area contributed by atoms with E-state index in [2.05, 4.69) is 11.9 Å². The number of nitrogens with zero attached hydrogens (tertiary/aromatic N) is 1. The van der Waals surface area contributed by atoms with E-state index in [-0.39, 0.29) is 24.3 Å². The quantitative estimate of drug-likeness (QED) is 0.811. The molecule has 1 saturated heterocycles. The summed E-state index contributed by atoms with van der Waals surface area (Å²) in [6.07, 6.45) is 3.01. The molecule has 0 bridgehead atoms. The molecule has 1 aliphatic rings. The zero-order valence-electron chi connectivity index (χ0n) is 13.0. The Morgan fingerprint density at radius 3 is 2.57 bits per heavy atom. The van der Waals surface area contributed by atoms with Gasteiger partial charge in [0.05, 0.1) is 0 Å². The summed E-state index contributed by atoms with van der Waals surface area (Å²) in [5.74, 6) is 0.553. The number of amides is 2. The van der Waals surface area contributed by atoms with Crippen molar-refractivity contribution in [1.82, 2.24) is 10.2 Å². The van der Waals surface area contributed by atoms with Crippen molar-refractivity contribution in [3.05, 3.63) is 41.9 Å². The zero-order valence-corrected chi connectivity index (χ0v) is 13.7. The van der Waals surface area contributed by atoms with Gasteiger partial charge in [0.15, 0.2) is 6.61 Å². The van der Waals surface area contributed by atoms with Gasteiger partial charge in [0.25, 0.3) is 5.91 Å². The van der Waals surface area contributed by atoms with Crippen molar-refractivity contribution in [2.75, 3.05) is 26.2 Å². The maximum Gasteiger partial charge on any atom is 0.260 e. The van der Waals surface area contributed by atoms with E-state index in [1.807, 2.05) is 0 Å². The van der Waals surface area contributed by atoms with E-state index in [1.54, 1.807) is 35.2 Å². The lowest BCUT2D eigenvalue weighted by Crippen LogP contribution is -2.44. The molecule has 0 atom stereocenters. The van der Waals surface area contributed by atoms with Crippen LogP contribution in [0.5, 0.6) is 5.75 Å². The number of hydrogen-bond donors (Lipinski definition) is 1. The van der Waals surface area contributed by atoms with Crippen molar-refractivity contribution in [2.24, 2.45) is 5.92 Å². The lowest BCUT2D eigenvalue weighted by atomic mass is 9.96. The summed E-state index contributed by atoms with van der Waals surface area (Å²) in [6, 6.07) is 6.89. The van der Waals surface area contributed by atoms with Gasteiger partial charge in [-0.05, 0) is 37.1 Å². The molecule has 0 aromatic heterocycles. The Morgan fingerprint density at radius 1 is 1.30 bits per heavy atom. The van der Waals surface area contributed by atoms with Crippen LogP contribution in [-0.2, 0) is 9.59 Å². The number of ether oxygens (including phenoxy) is 1. The van der Waals surface area contributed by atoms with Gasteiger partial charge in [0.1, 0.15) is 5.75 Å². The molecule has 124 valence electrons. The number of nitrogens with one attached hydrogen (secondary N) is 1. The lowest BCUT2D eigenvalue weighted by molar-refractivity contribution is -0.137. The van der Waals surface area contributed by atoms with Crippen molar-refractivity contribution < 1.29 is 14.3 Å². The number of piperidine rings is 1. The van der Waals surface area contributed by atoms with E-state index in [0.717, 1.165) is 0 Å². The van der Waals surface area contributed by atoms with Gasteiger partial charge in [0, 0.05) is 30.6 Å². The smallest absolute Gasteiger partial charge is 0.260 e. The molecule has 6 heteroatoms. The van der Waals surface area contributed by atoms with Crippen molar-refractivity contribution in [2.45, 2.75) is 12.8 Å². The second-order valence-corrected chi connectivity index (χ2v) is 5.87. The third kappa shape index (κ3) is 5.28. The van der Waals surface area contributed by atoms with Crippen LogP contribution in [0.1, 0.15) is 12.8 Å². The summed E-state index contributed by atoms with van der Waals surface area (Å²) in [5, 5.41) is 3.43. The average Bonchev–Trinajstić information content (AvgIpc) is 2.59. The van der Waals surface area contributed by atoms with Gasteiger partial charge in [-0.3, -0.25) is 9.59 Å².